The van der Waals surface area contributed by atoms with Gasteiger partial charge in [0.15, 0.2) is 12.1 Å². The van der Waals surface area contributed by atoms with Gasteiger partial charge in [0.05, 0.1) is 5.56 Å². The number of nitrogens with zero attached hydrogens (tertiary/aromatic N) is 2. The predicted molar refractivity (Wildman–Crippen MR) is 100 cm³/mol. The smallest absolute Gasteiger partial charge is 0.346 e. The third-order valence-corrected chi connectivity index (χ3v) is 5.87. The predicted octanol–water partition coefficient (Wildman–Crippen LogP) is -2.01. The van der Waals surface area contributed by atoms with Gasteiger partial charge in [-0.15, -0.1) is 0 Å². The number of hydrogen-bond acceptors (Lipinski definition) is 9. The molecule has 3 heterocycles. The maximum absolute atomic E-state index is 12.6. The standard InChI is InChI=1S/C18H24N6O4/c1-3-11-12-17(23-15(19)22-12)18(26,27)13(9(2)24(17)16(20)21-11)28-14(25)10-7-5-4-6-8-10/h4-9,11-13,26-27H,3H2,1-2H3,(H5,19,20,21,22,23)/p+1/t9-,11-,12-,13-,17-/m0/s1. The van der Waals surface area contributed by atoms with Crippen molar-refractivity contribution >= 4 is 17.9 Å². The summed E-state index contributed by atoms with van der Waals surface area (Å²) in [4.78, 5) is 17.0. The van der Waals surface area contributed by atoms with E-state index in [1.165, 1.54) is 0 Å². The lowest BCUT2D eigenvalue weighted by Crippen LogP contribution is -2.78. The Balaban J connectivity index is 1.77. The van der Waals surface area contributed by atoms with Gasteiger partial charge >= 0.3 is 11.9 Å². The Kier molecular flexibility index (Phi) is 4.02. The molecule has 150 valence electrons. The van der Waals surface area contributed by atoms with Gasteiger partial charge in [0, 0.05) is 0 Å². The molecule has 1 aromatic rings. The fraction of sp³-hybridized carbons (Fsp3) is 0.500. The molecule has 1 fully saturated rings. The molecule has 1 spiro atoms. The van der Waals surface area contributed by atoms with Gasteiger partial charge in [-0.25, -0.2) is 14.4 Å². The highest BCUT2D eigenvalue weighted by molar-refractivity contribution is 5.89. The van der Waals surface area contributed by atoms with Crippen LogP contribution in [-0.2, 0) is 4.74 Å². The summed E-state index contributed by atoms with van der Waals surface area (Å²) in [5.41, 5.74) is 10.9. The molecule has 5 atom stereocenters. The minimum Gasteiger partial charge on any atom is -0.449 e. The highest BCUT2D eigenvalue weighted by Gasteiger charge is 2.78. The van der Waals surface area contributed by atoms with Crippen LogP contribution in [0.3, 0.4) is 0 Å². The van der Waals surface area contributed by atoms with Crippen LogP contribution in [0.25, 0.3) is 0 Å². The van der Waals surface area contributed by atoms with E-state index >= 15 is 0 Å². The number of rotatable bonds is 3. The molecule has 0 unspecified atom stereocenters. The van der Waals surface area contributed by atoms with E-state index in [1.807, 2.05) is 6.92 Å². The number of carbonyl (C=O) groups is 1. The number of aliphatic hydroxyl groups is 2. The van der Waals surface area contributed by atoms with E-state index < -0.39 is 35.6 Å². The monoisotopic (exact) mass is 389 g/mol. The summed E-state index contributed by atoms with van der Waals surface area (Å²) in [7, 11) is 0. The fourth-order valence-electron chi connectivity index (χ4n) is 4.64. The summed E-state index contributed by atoms with van der Waals surface area (Å²) in [6, 6.07) is 6.77. The molecule has 3 aliphatic rings. The van der Waals surface area contributed by atoms with Crippen molar-refractivity contribution in [3.05, 3.63) is 35.9 Å². The van der Waals surface area contributed by atoms with Crippen LogP contribution < -0.4 is 22.1 Å². The lowest BCUT2D eigenvalue weighted by molar-refractivity contribution is -0.646. The number of esters is 1. The molecular formula is C18H25N6O4+. The summed E-state index contributed by atoms with van der Waals surface area (Å²) in [5, 5.41) is 28.6. The van der Waals surface area contributed by atoms with E-state index in [0.29, 0.717) is 12.0 Å². The second-order valence-corrected chi connectivity index (χ2v) is 7.42. The van der Waals surface area contributed by atoms with Gasteiger partial charge < -0.3 is 26.0 Å². The average Bonchev–Trinajstić information content (AvgIpc) is 3.10. The van der Waals surface area contributed by atoms with Gasteiger partial charge in [0.2, 0.25) is 5.66 Å². The van der Waals surface area contributed by atoms with Gasteiger partial charge in [-0.05, 0) is 25.5 Å². The summed E-state index contributed by atoms with van der Waals surface area (Å²) >= 11 is 0. The first-order chi connectivity index (χ1) is 13.2. The number of hydrogen-bond donors (Lipinski definition) is 6. The maximum atomic E-state index is 12.6. The van der Waals surface area contributed by atoms with Gasteiger partial charge in [-0.3, -0.25) is 11.1 Å². The van der Waals surface area contributed by atoms with Gasteiger partial charge in [-0.1, -0.05) is 25.1 Å². The normalized spacial score (nSPS) is 35.4. The molecule has 8 N–H and O–H groups in total. The summed E-state index contributed by atoms with van der Waals surface area (Å²) < 4.78 is 7.13. The molecule has 3 aliphatic heterocycles. The van der Waals surface area contributed by atoms with Crippen LogP contribution in [0.15, 0.2) is 35.3 Å². The summed E-state index contributed by atoms with van der Waals surface area (Å²) in [6.45, 7) is 3.63. The Bertz CT molecular complexity index is 870. The molecule has 10 nitrogen and oxygen atoms in total. The topological polar surface area (TPSA) is 158 Å². The summed E-state index contributed by atoms with van der Waals surface area (Å²) in [5.74, 6) is -2.87. The molecule has 1 saturated heterocycles. The first kappa shape index (κ1) is 18.5. The number of aliphatic imine (C=N–C) groups is 1. The number of nitrogens with one attached hydrogen (secondary N) is 2. The number of ether oxygens (including phenoxy) is 1. The SMILES string of the molecule is CC[C@@H]1NC(N)=[N+]2[C@@H](C)[C@H](OC(=O)c3ccccc3)C(O)(O)[C@@]23NC(N)=N[C@@H]13. The second-order valence-electron chi connectivity index (χ2n) is 7.42. The van der Waals surface area contributed by atoms with E-state index in [2.05, 4.69) is 15.6 Å². The zero-order chi connectivity index (χ0) is 20.3. The zero-order valence-electron chi connectivity index (χ0n) is 15.7. The van der Waals surface area contributed by atoms with Gasteiger partial charge in [-0.2, -0.15) is 0 Å². The Morgan fingerprint density at radius 2 is 2.00 bits per heavy atom. The number of carbonyl (C=O) groups excluding carboxylic acids is 1. The number of guanidine groups is 2. The van der Waals surface area contributed by atoms with Crippen LogP contribution in [0.5, 0.6) is 0 Å². The Morgan fingerprint density at radius 1 is 1.32 bits per heavy atom. The van der Waals surface area contributed by atoms with Crippen LogP contribution in [0.2, 0.25) is 0 Å². The highest BCUT2D eigenvalue weighted by Crippen LogP contribution is 2.45. The molecule has 1 aromatic carbocycles. The van der Waals surface area contributed by atoms with E-state index in [4.69, 9.17) is 16.2 Å². The van der Waals surface area contributed by atoms with E-state index in [1.54, 1.807) is 41.8 Å². The van der Waals surface area contributed by atoms with E-state index in [-0.39, 0.29) is 18.0 Å². The molecule has 4 rings (SSSR count). The minimum atomic E-state index is -2.51. The van der Waals surface area contributed by atoms with Crippen molar-refractivity contribution in [2.45, 2.75) is 55.9 Å². The van der Waals surface area contributed by atoms with E-state index in [0.717, 1.165) is 0 Å². The lowest BCUT2D eigenvalue weighted by atomic mass is 9.85. The molecule has 0 aliphatic carbocycles. The molecule has 0 aromatic heterocycles. The molecule has 0 amide bonds. The molecular weight excluding hydrogens is 364 g/mol. The fourth-order valence-corrected chi connectivity index (χ4v) is 4.64. The van der Waals surface area contributed by atoms with Crippen molar-refractivity contribution in [3.8, 4) is 0 Å². The zero-order valence-corrected chi connectivity index (χ0v) is 15.7. The number of benzene rings is 1. The molecule has 0 saturated carbocycles. The van der Waals surface area contributed by atoms with Crippen molar-refractivity contribution in [2.24, 2.45) is 16.5 Å². The average molecular weight is 389 g/mol. The van der Waals surface area contributed by atoms with Gasteiger partial charge in [0.25, 0.3) is 5.79 Å². The number of nitrogens with two attached hydrogens (primary N) is 2. The largest absolute Gasteiger partial charge is 0.449 e. The lowest BCUT2D eigenvalue weighted by Gasteiger charge is -2.43. The Morgan fingerprint density at radius 3 is 2.64 bits per heavy atom. The van der Waals surface area contributed by atoms with Crippen LogP contribution in [0.1, 0.15) is 30.6 Å². The maximum Gasteiger partial charge on any atom is 0.346 e. The highest BCUT2D eigenvalue weighted by atomic mass is 16.6. The molecule has 0 bridgehead atoms. The van der Waals surface area contributed by atoms with Crippen LogP contribution in [0, 0.1) is 0 Å². The van der Waals surface area contributed by atoms with Crippen molar-refractivity contribution in [1.82, 2.24) is 10.6 Å². The van der Waals surface area contributed by atoms with Crippen LogP contribution >= 0.6 is 0 Å². The molecule has 0 radical (unpaired) electrons. The molecule has 28 heavy (non-hydrogen) atoms. The van der Waals surface area contributed by atoms with Crippen LogP contribution in [-0.4, -0.2) is 68.4 Å². The van der Waals surface area contributed by atoms with Crippen molar-refractivity contribution in [2.75, 3.05) is 0 Å². The summed E-state index contributed by atoms with van der Waals surface area (Å²) in [6.07, 6.45) is -0.675. The first-order valence-corrected chi connectivity index (χ1v) is 9.24. The Labute approximate surface area is 161 Å². The van der Waals surface area contributed by atoms with Crippen LogP contribution in [0.4, 0.5) is 0 Å². The third-order valence-electron chi connectivity index (χ3n) is 5.87. The quantitative estimate of drug-likeness (QED) is 0.196. The third kappa shape index (κ3) is 2.24. The van der Waals surface area contributed by atoms with E-state index in [9.17, 15) is 15.0 Å². The van der Waals surface area contributed by atoms with Crippen molar-refractivity contribution < 1.29 is 24.3 Å². The van der Waals surface area contributed by atoms with Crippen molar-refractivity contribution in [1.29, 1.82) is 0 Å². The minimum absolute atomic E-state index is 0.0691. The molecule has 10 heteroatoms. The van der Waals surface area contributed by atoms with Gasteiger partial charge in [0.1, 0.15) is 18.1 Å². The second kappa shape index (κ2) is 6.08. The first-order valence-electron chi connectivity index (χ1n) is 9.24. The van der Waals surface area contributed by atoms with Crippen molar-refractivity contribution in [3.63, 3.8) is 0 Å². The Hall–Kier alpha value is -2.85.